The van der Waals surface area contributed by atoms with Crippen molar-refractivity contribution in [1.82, 2.24) is 0 Å². The summed E-state index contributed by atoms with van der Waals surface area (Å²) in [6.45, 7) is 6.70. The quantitative estimate of drug-likeness (QED) is 0.775. The van der Waals surface area contributed by atoms with Crippen molar-refractivity contribution in [3.05, 3.63) is 27.7 Å². The normalized spacial score (nSPS) is 15.1. The Balaban J connectivity index is 2.42. The third kappa shape index (κ3) is 2.63. The molecule has 1 aromatic carbocycles. The van der Waals surface area contributed by atoms with Crippen molar-refractivity contribution in [3.63, 3.8) is 0 Å². The molecule has 0 bridgehead atoms. The van der Waals surface area contributed by atoms with Crippen molar-refractivity contribution in [2.45, 2.75) is 27.2 Å². The Hall–Kier alpha value is -1.06. The molecule has 1 aromatic rings. The first-order valence-electron chi connectivity index (χ1n) is 6.06. The number of hydrogen-bond donors (Lipinski definition) is 0. The van der Waals surface area contributed by atoms with Crippen LogP contribution in [0.25, 0.3) is 0 Å². The van der Waals surface area contributed by atoms with E-state index in [0.29, 0.717) is 17.3 Å². The van der Waals surface area contributed by atoms with Crippen LogP contribution in [0.5, 0.6) is 0 Å². The van der Waals surface area contributed by atoms with Gasteiger partial charge in [0.25, 0.3) is 11.7 Å². The van der Waals surface area contributed by atoms with Crippen LogP contribution in [0.3, 0.4) is 0 Å². The smallest absolute Gasteiger partial charge is 0.299 e. The van der Waals surface area contributed by atoms with Crippen molar-refractivity contribution in [1.29, 1.82) is 0 Å². The van der Waals surface area contributed by atoms with Gasteiger partial charge in [-0.2, -0.15) is 0 Å². The number of carbonyl (C=O) groups excluding carboxylic acids is 2. The lowest BCUT2D eigenvalue weighted by Crippen LogP contribution is -2.32. The van der Waals surface area contributed by atoms with Crippen molar-refractivity contribution in [2.24, 2.45) is 5.41 Å². The fourth-order valence-electron chi connectivity index (χ4n) is 2.01. The molecule has 0 saturated carbocycles. The Bertz CT molecular complexity index is 561. The summed E-state index contributed by atoms with van der Waals surface area (Å²) in [6, 6.07) is 3.15. The van der Waals surface area contributed by atoms with Gasteiger partial charge in [-0.05, 0) is 24.0 Å². The summed E-state index contributed by atoms with van der Waals surface area (Å²) in [4.78, 5) is 25.5. The van der Waals surface area contributed by atoms with E-state index >= 15 is 0 Å². The lowest BCUT2D eigenvalue weighted by Gasteiger charge is -2.24. The Labute approximate surface area is 122 Å². The fraction of sp³-hybridized carbons (Fsp3) is 0.429. The molecule has 0 fully saturated rings. The van der Waals surface area contributed by atoms with Gasteiger partial charge in [-0.25, -0.2) is 0 Å². The van der Waals surface area contributed by atoms with Crippen LogP contribution < -0.4 is 4.90 Å². The number of halogens is 2. The summed E-state index contributed by atoms with van der Waals surface area (Å²) >= 11 is 12.1. The molecular weight excluding hydrogens is 285 g/mol. The van der Waals surface area contributed by atoms with Crippen LogP contribution in [0.15, 0.2) is 12.1 Å². The molecule has 1 aliphatic rings. The number of ketones is 1. The first-order chi connectivity index (χ1) is 8.72. The van der Waals surface area contributed by atoms with Gasteiger partial charge in [0, 0.05) is 6.54 Å². The van der Waals surface area contributed by atoms with Gasteiger partial charge in [-0.1, -0.05) is 44.0 Å². The molecule has 0 aliphatic carbocycles. The zero-order valence-corrected chi connectivity index (χ0v) is 12.6. The number of anilines is 1. The van der Waals surface area contributed by atoms with Gasteiger partial charge in [0.1, 0.15) is 0 Å². The van der Waals surface area contributed by atoms with Crippen molar-refractivity contribution in [3.8, 4) is 0 Å². The van der Waals surface area contributed by atoms with E-state index in [4.69, 9.17) is 23.2 Å². The van der Waals surface area contributed by atoms with E-state index in [2.05, 4.69) is 20.8 Å². The van der Waals surface area contributed by atoms with Gasteiger partial charge >= 0.3 is 0 Å². The molecule has 5 heteroatoms. The number of hydrogen-bond acceptors (Lipinski definition) is 2. The standard InChI is InChI=1S/C14H15Cl2NO2/c1-14(2,3)6-7-17-11-9(16)5-4-8(15)10(11)12(18)13(17)19/h4-5H,6-7H2,1-3H3. The van der Waals surface area contributed by atoms with Crippen molar-refractivity contribution in [2.75, 3.05) is 11.4 Å². The second-order valence-electron chi connectivity index (χ2n) is 5.85. The molecule has 0 saturated heterocycles. The van der Waals surface area contributed by atoms with Crippen LogP contribution in [0.1, 0.15) is 37.6 Å². The number of Topliss-reactive ketones (excluding diaryl/α,β-unsaturated/α-hetero) is 1. The van der Waals surface area contributed by atoms with Gasteiger partial charge in [0.15, 0.2) is 0 Å². The van der Waals surface area contributed by atoms with Crippen molar-refractivity contribution < 1.29 is 9.59 Å². The van der Waals surface area contributed by atoms with E-state index in [1.165, 1.54) is 4.90 Å². The Kier molecular flexibility index (Phi) is 3.63. The second-order valence-corrected chi connectivity index (χ2v) is 6.66. The highest BCUT2D eigenvalue weighted by atomic mass is 35.5. The van der Waals surface area contributed by atoms with E-state index in [9.17, 15) is 9.59 Å². The number of carbonyl (C=O) groups is 2. The van der Waals surface area contributed by atoms with Crippen LogP contribution >= 0.6 is 23.2 Å². The minimum Gasteiger partial charge on any atom is -0.303 e. The maximum absolute atomic E-state index is 12.0. The van der Waals surface area contributed by atoms with Crippen LogP contribution in [-0.2, 0) is 4.79 Å². The number of benzene rings is 1. The molecule has 0 spiro atoms. The lowest BCUT2D eigenvalue weighted by molar-refractivity contribution is -0.114. The Morgan fingerprint density at radius 3 is 2.26 bits per heavy atom. The molecule has 3 nitrogen and oxygen atoms in total. The van der Waals surface area contributed by atoms with E-state index in [-0.39, 0.29) is 16.0 Å². The molecule has 0 atom stereocenters. The highest BCUT2D eigenvalue weighted by molar-refractivity contribution is 6.56. The average molecular weight is 300 g/mol. The largest absolute Gasteiger partial charge is 0.303 e. The Morgan fingerprint density at radius 1 is 1.11 bits per heavy atom. The van der Waals surface area contributed by atoms with E-state index in [1.54, 1.807) is 12.1 Å². The highest BCUT2D eigenvalue weighted by Gasteiger charge is 2.39. The number of nitrogens with zero attached hydrogens (tertiary/aromatic N) is 1. The molecule has 1 heterocycles. The molecule has 0 radical (unpaired) electrons. The summed E-state index contributed by atoms with van der Waals surface area (Å²) in [7, 11) is 0. The van der Waals surface area contributed by atoms with Gasteiger partial charge in [0.2, 0.25) is 0 Å². The molecule has 1 aliphatic heterocycles. The fourth-order valence-corrected chi connectivity index (χ4v) is 2.51. The minimum absolute atomic E-state index is 0.0666. The van der Waals surface area contributed by atoms with Crippen molar-refractivity contribution >= 4 is 40.6 Å². The summed E-state index contributed by atoms with van der Waals surface area (Å²) in [5, 5.41) is 0.656. The third-order valence-electron chi connectivity index (χ3n) is 3.10. The zero-order valence-electron chi connectivity index (χ0n) is 11.1. The zero-order chi connectivity index (χ0) is 14.4. The molecule has 19 heavy (non-hydrogen) atoms. The molecule has 0 unspecified atom stereocenters. The van der Waals surface area contributed by atoms with Gasteiger partial charge in [-0.15, -0.1) is 0 Å². The van der Waals surface area contributed by atoms with Crippen LogP contribution in [-0.4, -0.2) is 18.2 Å². The number of amides is 1. The first-order valence-corrected chi connectivity index (χ1v) is 6.82. The molecule has 1 amide bonds. The van der Waals surface area contributed by atoms with Gasteiger partial charge < -0.3 is 4.90 Å². The molecule has 2 rings (SSSR count). The van der Waals surface area contributed by atoms with Crippen LogP contribution in [0, 0.1) is 5.41 Å². The summed E-state index contributed by atoms with van der Waals surface area (Å²) < 4.78 is 0. The van der Waals surface area contributed by atoms with Crippen LogP contribution in [0.2, 0.25) is 10.0 Å². The molecule has 0 aromatic heterocycles. The first kappa shape index (κ1) is 14.4. The second kappa shape index (κ2) is 4.80. The summed E-state index contributed by atoms with van der Waals surface area (Å²) in [6.07, 6.45) is 0.772. The minimum atomic E-state index is -0.573. The van der Waals surface area contributed by atoms with E-state index < -0.39 is 11.7 Å². The molecule has 0 N–H and O–H groups in total. The average Bonchev–Trinajstić information content (AvgIpc) is 2.55. The van der Waals surface area contributed by atoms with E-state index in [0.717, 1.165) is 6.42 Å². The Morgan fingerprint density at radius 2 is 1.68 bits per heavy atom. The lowest BCUT2D eigenvalue weighted by atomic mass is 9.92. The number of fused-ring (bicyclic) bond motifs is 1. The maximum Gasteiger partial charge on any atom is 0.299 e. The molecular formula is C14H15Cl2NO2. The SMILES string of the molecule is CC(C)(C)CCN1C(=O)C(=O)c2c(Cl)ccc(Cl)c21. The summed E-state index contributed by atoms with van der Waals surface area (Å²) in [5.74, 6) is -1.12. The topological polar surface area (TPSA) is 37.4 Å². The maximum atomic E-state index is 12.0. The molecule has 102 valence electrons. The highest BCUT2D eigenvalue weighted by Crippen LogP contribution is 2.40. The predicted molar refractivity (Wildman–Crippen MR) is 77.2 cm³/mol. The monoisotopic (exact) mass is 299 g/mol. The predicted octanol–water partition coefficient (Wildman–Crippen LogP) is 3.96. The van der Waals surface area contributed by atoms with Gasteiger partial charge in [-0.3, -0.25) is 9.59 Å². The van der Waals surface area contributed by atoms with Gasteiger partial charge in [0.05, 0.1) is 21.3 Å². The van der Waals surface area contributed by atoms with E-state index in [1.807, 2.05) is 0 Å². The summed E-state index contributed by atoms with van der Waals surface area (Å²) in [5.41, 5.74) is 0.749. The third-order valence-corrected chi connectivity index (χ3v) is 3.72. The van der Waals surface area contributed by atoms with Crippen LogP contribution in [0.4, 0.5) is 5.69 Å². The number of rotatable bonds is 2.